The highest BCUT2D eigenvalue weighted by atomic mass is 32.1. The van der Waals surface area contributed by atoms with E-state index < -0.39 is 5.54 Å². The SMILES string of the molecule is CCCNC(C)(Cn1ccnc1-c1cccs1)C(=O)OC. The van der Waals surface area contributed by atoms with Gasteiger partial charge >= 0.3 is 5.97 Å². The lowest BCUT2D eigenvalue weighted by Gasteiger charge is -2.28. The number of thiophene rings is 1. The van der Waals surface area contributed by atoms with Gasteiger partial charge < -0.3 is 14.6 Å². The predicted molar refractivity (Wildman–Crippen MR) is 84.3 cm³/mol. The van der Waals surface area contributed by atoms with Crippen LogP contribution in [0.4, 0.5) is 0 Å². The fraction of sp³-hybridized carbons (Fsp3) is 0.467. The molecule has 2 rings (SSSR count). The Morgan fingerprint density at radius 1 is 1.57 bits per heavy atom. The average molecular weight is 307 g/mol. The van der Waals surface area contributed by atoms with Crippen LogP contribution in [0, 0.1) is 0 Å². The monoisotopic (exact) mass is 307 g/mol. The first-order valence-electron chi connectivity index (χ1n) is 6.99. The van der Waals surface area contributed by atoms with Crippen LogP contribution in [0.2, 0.25) is 0 Å². The van der Waals surface area contributed by atoms with Gasteiger partial charge in [-0.1, -0.05) is 13.0 Å². The Kier molecular flexibility index (Phi) is 5.14. The number of hydrogen-bond donors (Lipinski definition) is 1. The number of hydrogen-bond acceptors (Lipinski definition) is 5. The first-order chi connectivity index (χ1) is 10.1. The van der Waals surface area contributed by atoms with E-state index in [1.54, 1.807) is 17.5 Å². The average Bonchev–Trinajstić information content (AvgIpc) is 3.14. The van der Waals surface area contributed by atoms with Gasteiger partial charge in [-0.2, -0.15) is 0 Å². The van der Waals surface area contributed by atoms with Crippen LogP contribution in [0.25, 0.3) is 10.7 Å². The number of nitrogens with zero attached hydrogens (tertiary/aromatic N) is 2. The molecular formula is C15H21N3O2S. The van der Waals surface area contributed by atoms with Crippen molar-refractivity contribution in [3.63, 3.8) is 0 Å². The van der Waals surface area contributed by atoms with Crippen molar-refractivity contribution in [3.05, 3.63) is 29.9 Å². The molecule has 0 radical (unpaired) electrons. The first kappa shape index (κ1) is 15.7. The van der Waals surface area contributed by atoms with Crippen molar-refractivity contribution in [1.29, 1.82) is 0 Å². The number of ether oxygens (including phenoxy) is 1. The summed E-state index contributed by atoms with van der Waals surface area (Å²) in [6, 6.07) is 4.02. The molecule has 6 heteroatoms. The number of aromatic nitrogens is 2. The molecule has 2 heterocycles. The maximum Gasteiger partial charge on any atom is 0.327 e. The van der Waals surface area contributed by atoms with E-state index in [0.717, 1.165) is 23.7 Å². The second kappa shape index (κ2) is 6.87. The van der Waals surface area contributed by atoms with E-state index in [0.29, 0.717) is 6.54 Å². The van der Waals surface area contributed by atoms with Crippen molar-refractivity contribution in [2.45, 2.75) is 32.4 Å². The molecule has 0 fully saturated rings. The maximum absolute atomic E-state index is 12.1. The molecule has 1 unspecified atom stereocenters. The Morgan fingerprint density at radius 3 is 3.00 bits per heavy atom. The molecule has 0 aliphatic rings. The Labute approximate surface area is 129 Å². The van der Waals surface area contributed by atoms with Gasteiger partial charge in [-0.25, -0.2) is 9.78 Å². The lowest BCUT2D eigenvalue weighted by Crippen LogP contribution is -2.53. The quantitative estimate of drug-likeness (QED) is 0.799. The van der Waals surface area contributed by atoms with Gasteiger partial charge in [-0.3, -0.25) is 0 Å². The number of imidazole rings is 1. The third-order valence-electron chi connectivity index (χ3n) is 3.34. The minimum Gasteiger partial charge on any atom is -0.468 e. The van der Waals surface area contributed by atoms with Crippen molar-refractivity contribution >= 4 is 17.3 Å². The molecule has 1 N–H and O–H groups in total. The van der Waals surface area contributed by atoms with E-state index in [1.165, 1.54) is 7.11 Å². The molecule has 0 amide bonds. The summed E-state index contributed by atoms with van der Waals surface area (Å²) >= 11 is 1.63. The fourth-order valence-electron chi connectivity index (χ4n) is 2.23. The molecule has 0 aromatic carbocycles. The highest BCUT2D eigenvalue weighted by molar-refractivity contribution is 7.13. The molecule has 0 saturated heterocycles. The molecule has 0 spiro atoms. The summed E-state index contributed by atoms with van der Waals surface area (Å²) in [5.41, 5.74) is -0.766. The van der Waals surface area contributed by atoms with Gasteiger partial charge in [-0.15, -0.1) is 11.3 Å². The molecule has 0 bridgehead atoms. The van der Waals surface area contributed by atoms with Crippen LogP contribution in [0.3, 0.4) is 0 Å². The van der Waals surface area contributed by atoms with Gasteiger partial charge in [-0.05, 0) is 31.3 Å². The number of rotatable bonds is 7. The van der Waals surface area contributed by atoms with Crippen LogP contribution in [0.5, 0.6) is 0 Å². The van der Waals surface area contributed by atoms with E-state index in [-0.39, 0.29) is 5.97 Å². The summed E-state index contributed by atoms with van der Waals surface area (Å²) in [6.45, 7) is 5.17. The zero-order valence-corrected chi connectivity index (χ0v) is 13.4. The molecule has 114 valence electrons. The molecule has 5 nitrogen and oxygen atoms in total. The van der Waals surface area contributed by atoms with Crippen LogP contribution in [0.1, 0.15) is 20.3 Å². The van der Waals surface area contributed by atoms with Crippen LogP contribution in [-0.4, -0.2) is 34.7 Å². The van der Waals surface area contributed by atoms with Crippen LogP contribution >= 0.6 is 11.3 Å². The molecule has 0 aliphatic heterocycles. The van der Waals surface area contributed by atoms with Crippen molar-refractivity contribution < 1.29 is 9.53 Å². The van der Waals surface area contributed by atoms with Crippen molar-refractivity contribution in [2.75, 3.05) is 13.7 Å². The summed E-state index contributed by atoms with van der Waals surface area (Å²) in [4.78, 5) is 17.6. The Morgan fingerprint density at radius 2 is 2.38 bits per heavy atom. The number of nitrogens with one attached hydrogen (secondary N) is 1. The van der Waals surface area contributed by atoms with Gasteiger partial charge in [0.2, 0.25) is 0 Å². The number of carbonyl (C=O) groups excluding carboxylic acids is 1. The predicted octanol–water partition coefficient (Wildman–Crippen LogP) is 2.54. The highest BCUT2D eigenvalue weighted by Crippen LogP contribution is 2.24. The van der Waals surface area contributed by atoms with Gasteiger partial charge in [0.15, 0.2) is 0 Å². The standard InChI is InChI=1S/C15H21N3O2S/c1-4-7-17-15(2,14(19)20-3)11-18-9-8-16-13(18)12-6-5-10-21-12/h5-6,8-10,17H,4,7,11H2,1-3H3. The number of esters is 1. The largest absolute Gasteiger partial charge is 0.468 e. The highest BCUT2D eigenvalue weighted by Gasteiger charge is 2.34. The van der Waals surface area contributed by atoms with Crippen molar-refractivity contribution in [1.82, 2.24) is 14.9 Å². The summed E-state index contributed by atoms with van der Waals surface area (Å²) in [5.74, 6) is 0.611. The summed E-state index contributed by atoms with van der Waals surface area (Å²) in [7, 11) is 1.42. The van der Waals surface area contributed by atoms with Gasteiger partial charge in [0.1, 0.15) is 11.4 Å². The minimum absolute atomic E-state index is 0.262. The summed E-state index contributed by atoms with van der Waals surface area (Å²) in [5, 5.41) is 5.30. The van der Waals surface area contributed by atoms with Crippen LogP contribution in [0.15, 0.2) is 29.9 Å². The van der Waals surface area contributed by atoms with Gasteiger partial charge in [0, 0.05) is 12.4 Å². The van der Waals surface area contributed by atoms with E-state index in [1.807, 2.05) is 35.2 Å². The molecule has 2 aromatic heterocycles. The second-order valence-electron chi connectivity index (χ2n) is 5.11. The molecule has 2 aromatic rings. The third-order valence-corrected chi connectivity index (χ3v) is 4.21. The minimum atomic E-state index is -0.766. The smallest absolute Gasteiger partial charge is 0.327 e. The Hall–Kier alpha value is -1.66. The van der Waals surface area contributed by atoms with Crippen molar-refractivity contribution in [2.24, 2.45) is 0 Å². The normalized spacial score (nSPS) is 13.9. The van der Waals surface area contributed by atoms with Gasteiger partial charge in [0.05, 0.1) is 18.5 Å². The van der Waals surface area contributed by atoms with Gasteiger partial charge in [0.25, 0.3) is 0 Å². The number of carbonyl (C=O) groups is 1. The molecule has 0 saturated carbocycles. The van der Waals surface area contributed by atoms with E-state index in [4.69, 9.17) is 4.74 Å². The number of methoxy groups -OCH3 is 1. The topological polar surface area (TPSA) is 56.2 Å². The summed E-state index contributed by atoms with van der Waals surface area (Å²) in [6.07, 6.45) is 4.60. The molecule has 21 heavy (non-hydrogen) atoms. The van der Waals surface area contributed by atoms with E-state index >= 15 is 0 Å². The zero-order valence-electron chi connectivity index (χ0n) is 12.6. The van der Waals surface area contributed by atoms with E-state index in [9.17, 15) is 4.79 Å². The Balaban J connectivity index is 2.25. The Bertz CT molecular complexity index is 580. The molecular weight excluding hydrogens is 286 g/mol. The molecule has 1 atom stereocenters. The second-order valence-corrected chi connectivity index (χ2v) is 6.05. The first-order valence-corrected chi connectivity index (χ1v) is 7.87. The lowest BCUT2D eigenvalue weighted by molar-refractivity contribution is -0.148. The lowest BCUT2D eigenvalue weighted by atomic mass is 10.0. The van der Waals surface area contributed by atoms with Crippen LogP contribution < -0.4 is 5.32 Å². The third kappa shape index (κ3) is 3.51. The molecule has 0 aliphatic carbocycles. The zero-order chi connectivity index (χ0) is 15.3. The van der Waals surface area contributed by atoms with E-state index in [2.05, 4.69) is 17.2 Å². The van der Waals surface area contributed by atoms with Crippen LogP contribution in [-0.2, 0) is 16.1 Å². The summed E-state index contributed by atoms with van der Waals surface area (Å²) < 4.78 is 6.95. The fourth-order valence-corrected chi connectivity index (χ4v) is 2.96. The maximum atomic E-state index is 12.1. The van der Waals surface area contributed by atoms with Crippen molar-refractivity contribution in [3.8, 4) is 10.7 Å².